The summed E-state index contributed by atoms with van der Waals surface area (Å²) in [6.07, 6.45) is 0.890. The molecular weight excluding hydrogens is 340 g/mol. The molecule has 5 nitrogen and oxygen atoms in total. The third kappa shape index (κ3) is 3.78. The number of hydrogen-bond donors (Lipinski definition) is 2. The smallest absolute Gasteiger partial charge is 0.234 e. The lowest BCUT2D eigenvalue weighted by atomic mass is 9.85. The van der Waals surface area contributed by atoms with Crippen molar-refractivity contribution >= 4 is 11.6 Å². The zero-order valence-corrected chi connectivity index (χ0v) is 16.7. The predicted octanol–water partition coefficient (Wildman–Crippen LogP) is 3.83. The van der Waals surface area contributed by atoms with Crippen LogP contribution >= 0.6 is 0 Å². The molecule has 1 aliphatic rings. The molecule has 0 bridgehead atoms. The van der Waals surface area contributed by atoms with Crippen LogP contribution in [0.4, 0.5) is 5.69 Å². The second kappa shape index (κ2) is 7.61. The fourth-order valence-electron chi connectivity index (χ4n) is 3.45. The van der Waals surface area contributed by atoms with E-state index in [0.29, 0.717) is 0 Å². The van der Waals surface area contributed by atoms with Crippen LogP contribution in [-0.4, -0.2) is 26.7 Å². The summed E-state index contributed by atoms with van der Waals surface area (Å²) < 4.78 is 10.6. The molecule has 0 saturated carbocycles. The summed E-state index contributed by atoms with van der Waals surface area (Å²) in [5.74, 6) is 1.55. The second-order valence-corrected chi connectivity index (χ2v) is 7.50. The molecular formula is C22H28N2O3. The Balaban J connectivity index is 1.63. The highest BCUT2D eigenvalue weighted by atomic mass is 16.5. The van der Waals surface area contributed by atoms with Crippen molar-refractivity contribution in [3.05, 3.63) is 53.1 Å². The van der Waals surface area contributed by atoms with Crippen molar-refractivity contribution in [1.82, 2.24) is 5.32 Å². The molecule has 2 aromatic carbocycles. The van der Waals surface area contributed by atoms with Crippen molar-refractivity contribution in [2.45, 2.75) is 38.6 Å². The largest absolute Gasteiger partial charge is 0.493 e. The number of rotatable bonds is 7. The van der Waals surface area contributed by atoms with E-state index in [0.717, 1.165) is 35.7 Å². The number of carbonyl (C=O) groups excluding carboxylic acids is 1. The van der Waals surface area contributed by atoms with E-state index >= 15 is 0 Å². The van der Waals surface area contributed by atoms with Crippen molar-refractivity contribution in [3.8, 4) is 11.5 Å². The van der Waals surface area contributed by atoms with Gasteiger partial charge in [-0.15, -0.1) is 0 Å². The summed E-state index contributed by atoms with van der Waals surface area (Å²) in [5, 5.41) is 6.52. The molecule has 0 aromatic heterocycles. The first-order valence-corrected chi connectivity index (χ1v) is 9.27. The van der Waals surface area contributed by atoms with Crippen molar-refractivity contribution < 1.29 is 14.3 Å². The Bertz CT molecular complexity index is 845. The zero-order valence-electron chi connectivity index (χ0n) is 16.7. The molecule has 0 aliphatic carbocycles. The maximum absolute atomic E-state index is 12.1. The molecule has 2 aromatic rings. The van der Waals surface area contributed by atoms with Gasteiger partial charge in [-0.3, -0.25) is 4.79 Å². The predicted molar refractivity (Wildman–Crippen MR) is 108 cm³/mol. The van der Waals surface area contributed by atoms with Gasteiger partial charge in [0.05, 0.1) is 19.6 Å². The first-order chi connectivity index (χ1) is 12.9. The van der Waals surface area contributed by atoms with Gasteiger partial charge in [0.1, 0.15) is 0 Å². The second-order valence-electron chi connectivity index (χ2n) is 7.50. The summed E-state index contributed by atoms with van der Waals surface area (Å²) in [6.45, 7) is 6.92. The molecule has 144 valence electrons. The molecule has 1 atom stereocenters. The van der Waals surface area contributed by atoms with Crippen LogP contribution in [0.5, 0.6) is 11.5 Å². The summed E-state index contributed by atoms with van der Waals surface area (Å²) in [6, 6.07) is 12.4. The van der Waals surface area contributed by atoms with Gasteiger partial charge in [-0.25, -0.2) is 0 Å². The Kier molecular flexibility index (Phi) is 5.42. The van der Waals surface area contributed by atoms with E-state index in [4.69, 9.17) is 9.47 Å². The quantitative estimate of drug-likeness (QED) is 0.780. The maximum atomic E-state index is 12.1. The van der Waals surface area contributed by atoms with Crippen LogP contribution < -0.4 is 20.1 Å². The van der Waals surface area contributed by atoms with E-state index in [9.17, 15) is 4.79 Å². The molecule has 0 radical (unpaired) electrons. The number of hydrogen-bond acceptors (Lipinski definition) is 4. The molecule has 1 amide bonds. The van der Waals surface area contributed by atoms with E-state index in [-0.39, 0.29) is 11.9 Å². The summed E-state index contributed by atoms with van der Waals surface area (Å²) >= 11 is 0. The van der Waals surface area contributed by atoms with Crippen molar-refractivity contribution in [1.29, 1.82) is 0 Å². The van der Waals surface area contributed by atoms with Crippen LogP contribution in [0.15, 0.2) is 36.4 Å². The van der Waals surface area contributed by atoms with Crippen LogP contribution in [0.2, 0.25) is 0 Å². The van der Waals surface area contributed by atoms with Gasteiger partial charge in [-0.1, -0.05) is 18.2 Å². The number of methoxy groups -OCH3 is 2. The Labute approximate surface area is 161 Å². The van der Waals surface area contributed by atoms with Gasteiger partial charge in [-0.05, 0) is 68.6 Å². The molecule has 0 unspecified atom stereocenters. The molecule has 3 rings (SSSR count). The number of ether oxygens (including phenoxy) is 2. The van der Waals surface area contributed by atoms with Gasteiger partial charge in [0.15, 0.2) is 11.5 Å². The monoisotopic (exact) mass is 368 g/mol. The lowest BCUT2D eigenvalue weighted by molar-refractivity contribution is -0.119. The fraction of sp³-hybridized carbons (Fsp3) is 0.409. The van der Waals surface area contributed by atoms with Crippen molar-refractivity contribution in [2.24, 2.45) is 0 Å². The van der Waals surface area contributed by atoms with Crippen molar-refractivity contribution in [3.63, 3.8) is 0 Å². The van der Waals surface area contributed by atoms with Crippen molar-refractivity contribution in [2.75, 3.05) is 26.1 Å². The van der Waals surface area contributed by atoms with Crippen LogP contribution in [0, 0.1) is 0 Å². The van der Waals surface area contributed by atoms with Gasteiger partial charge in [0.2, 0.25) is 5.91 Å². The fourth-order valence-corrected chi connectivity index (χ4v) is 3.45. The first kappa shape index (κ1) is 19.2. The highest BCUT2D eigenvalue weighted by Crippen LogP contribution is 2.38. The minimum Gasteiger partial charge on any atom is -0.493 e. The van der Waals surface area contributed by atoms with E-state index in [1.54, 1.807) is 14.2 Å². The number of benzene rings is 2. The molecule has 27 heavy (non-hydrogen) atoms. The molecule has 0 saturated heterocycles. The average Bonchev–Trinajstić information content (AvgIpc) is 2.90. The summed E-state index contributed by atoms with van der Waals surface area (Å²) in [7, 11) is 3.29. The van der Waals surface area contributed by atoms with Gasteiger partial charge < -0.3 is 20.1 Å². The minimum atomic E-state index is -0.481. The van der Waals surface area contributed by atoms with Gasteiger partial charge in [-0.2, -0.15) is 0 Å². The number of amides is 1. The lowest BCUT2D eigenvalue weighted by Crippen LogP contribution is -2.27. The third-order valence-electron chi connectivity index (χ3n) is 5.34. The van der Waals surface area contributed by atoms with Gasteiger partial charge >= 0.3 is 0 Å². The standard InChI is InChI=1S/C22H28N2O3/c1-14(16-7-8-18-17(13-16)22(2,3)21(25)24-18)23-11-10-15-6-9-19(26-4)20(12-15)27-5/h6-9,12-14,23H,10-11H2,1-5H3,(H,24,25)/t14-/m0/s1. The van der Waals surface area contributed by atoms with Gasteiger partial charge in [0, 0.05) is 11.7 Å². The van der Waals surface area contributed by atoms with Crippen LogP contribution in [0.3, 0.4) is 0 Å². The van der Waals surface area contributed by atoms with Crippen LogP contribution in [0.1, 0.15) is 43.5 Å². The highest BCUT2D eigenvalue weighted by Gasteiger charge is 2.38. The van der Waals surface area contributed by atoms with E-state index < -0.39 is 5.41 Å². The molecule has 0 spiro atoms. The Hall–Kier alpha value is -2.53. The van der Waals surface area contributed by atoms with E-state index in [2.05, 4.69) is 35.8 Å². The maximum Gasteiger partial charge on any atom is 0.234 e. The molecule has 0 fully saturated rings. The highest BCUT2D eigenvalue weighted by molar-refractivity contribution is 6.05. The summed E-state index contributed by atoms with van der Waals surface area (Å²) in [4.78, 5) is 12.1. The Morgan fingerprint density at radius 3 is 2.52 bits per heavy atom. The Morgan fingerprint density at radius 1 is 1.07 bits per heavy atom. The first-order valence-electron chi connectivity index (χ1n) is 9.27. The Morgan fingerprint density at radius 2 is 1.81 bits per heavy atom. The number of anilines is 1. The van der Waals surface area contributed by atoms with Gasteiger partial charge in [0.25, 0.3) is 0 Å². The molecule has 1 heterocycles. The molecule has 2 N–H and O–H groups in total. The number of nitrogens with one attached hydrogen (secondary N) is 2. The SMILES string of the molecule is COc1ccc(CCN[C@@H](C)c2ccc3c(c2)C(C)(C)C(=O)N3)cc1OC. The van der Waals surface area contributed by atoms with E-state index in [1.807, 2.05) is 32.0 Å². The normalized spacial score (nSPS) is 15.8. The molecule has 5 heteroatoms. The number of carbonyl (C=O) groups is 1. The molecule has 1 aliphatic heterocycles. The topological polar surface area (TPSA) is 59.6 Å². The zero-order chi connectivity index (χ0) is 19.6. The third-order valence-corrected chi connectivity index (χ3v) is 5.34. The van der Waals surface area contributed by atoms with Crippen LogP contribution in [0.25, 0.3) is 0 Å². The summed E-state index contributed by atoms with van der Waals surface area (Å²) in [5.41, 5.74) is 3.89. The minimum absolute atomic E-state index is 0.0590. The average molecular weight is 368 g/mol. The van der Waals surface area contributed by atoms with Crippen LogP contribution in [-0.2, 0) is 16.6 Å². The van der Waals surface area contributed by atoms with E-state index in [1.165, 1.54) is 11.1 Å². The lowest BCUT2D eigenvalue weighted by Gasteiger charge is -2.19. The number of fused-ring (bicyclic) bond motifs is 1.